The lowest BCUT2D eigenvalue weighted by atomic mass is 10.0. The van der Waals surface area contributed by atoms with E-state index in [-0.39, 0.29) is 30.5 Å². The summed E-state index contributed by atoms with van der Waals surface area (Å²) in [6, 6.07) is -0.0687. The highest BCUT2D eigenvalue weighted by molar-refractivity contribution is 5.81. The molecule has 0 aromatic heterocycles. The Labute approximate surface area is 122 Å². The number of likely N-dealkylation sites (tertiary alicyclic amines) is 1. The predicted octanol–water partition coefficient (Wildman–Crippen LogP) is 1.56. The van der Waals surface area contributed by atoms with Gasteiger partial charge in [0.15, 0.2) is 0 Å². The molecule has 116 valence electrons. The van der Waals surface area contributed by atoms with Gasteiger partial charge in [0.2, 0.25) is 5.91 Å². The second kappa shape index (κ2) is 8.25. The molecule has 1 rings (SSSR count). The predicted molar refractivity (Wildman–Crippen MR) is 78.3 cm³/mol. The van der Waals surface area contributed by atoms with E-state index >= 15 is 0 Å². The lowest BCUT2D eigenvalue weighted by Gasteiger charge is -2.23. The second-order valence-corrected chi connectivity index (χ2v) is 6.09. The van der Waals surface area contributed by atoms with Crippen LogP contribution in [0.25, 0.3) is 0 Å². The zero-order valence-electron chi connectivity index (χ0n) is 13.1. The molecule has 5 heteroatoms. The molecule has 0 aromatic carbocycles. The Morgan fingerprint density at radius 2 is 2.00 bits per heavy atom. The van der Waals surface area contributed by atoms with Crippen LogP contribution in [0.4, 0.5) is 0 Å². The molecule has 1 fully saturated rings. The molecule has 1 aliphatic heterocycles. The molecule has 1 saturated heterocycles. The Balaban J connectivity index is 2.36. The molecular formula is C15H28N2O3. The van der Waals surface area contributed by atoms with Crippen LogP contribution >= 0.6 is 0 Å². The zero-order chi connectivity index (χ0) is 15.1. The second-order valence-electron chi connectivity index (χ2n) is 6.09. The number of nitrogens with one attached hydrogen (secondary N) is 1. The van der Waals surface area contributed by atoms with Crippen molar-refractivity contribution in [3.8, 4) is 0 Å². The van der Waals surface area contributed by atoms with Gasteiger partial charge in [-0.25, -0.2) is 0 Å². The summed E-state index contributed by atoms with van der Waals surface area (Å²) in [5, 5.41) is 3.01. The Bertz CT molecular complexity index is 331. The number of amides is 1. The summed E-state index contributed by atoms with van der Waals surface area (Å²) >= 11 is 0. The summed E-state index contributed by atoms with van der Waals surface area (Å²) in [6.45, 7) is 7.46. The lowest BCUT2D eigenvalue weighted by Crippen LogP contribution is -2.45. The van der Waals surface area contributed by atoms with E-state index in [2.05, 4.69) is 19.2 Å². The standard InChI is InChI=1S/C15H28N2O3/c1-11(2)7-8-12(3)16-14(18)10-17-9-5-6-13(17)15(19)20-4/h11-13H,5-10H2,1-4H3,(H,16,18). The van der Waals surface area contributed by atoms with Crippen LogP contribution in [0, 0.1) is 5.92 Å². The van der Waals surface area contributed by atoms with Crippen molar-refractivity contribution in [2.45, 2.75) is 58.5 Å². The molecular weight excluding hydrogens is 256 g/mol. The van der Waals surface area contributed by atoms with Gasteiger partial charge in [0, 0.05) is 6.04 Å². The third-order valence-electron chi connectivity index (χ3n) is 3.77. The normalized spacial score (nSPS) is 20.9. The largest absolute Gasteiger partial charge is 0.468 e. The van der Waals surface area contributed by atoms with E-state index in [4.69, 9.17) is 4.74 Å². The number of esters is 1. The zero-order valence-corrected chi connectivity index (χ0v) is 13.1. The van der Waals surface area contributed by atoms with Crippen LogP contribution in [-0.4, -0.2) is 49.1 Å². The quantitative estimate of drug-likeness (QED) is 0.721. The molecule has 0 saturated carbocycles. The highest BCUT2D eigenvalue weighted by Crippen LogP contribution is 2.17. The van der Waals surface area contributed by atoms with Crippen LogP contribution < -0.4 is 5.32 Å². The maximum atomic E-state index is 12.0. The number of rotatable bonds is 7. The van der Waals surface area contributed by atoms with Gasteiger partial charge in [0.25, 0.3) is 0 Å². The van der Waals surface area contributed by atoms with Crippen molar-refractivity contribution < 1.29 is 14.3 Å². The maximum absolute atomic E-state index is 12.0. The van der Waals surface area contributed by atoms with Crippen molar-refractivity contribution in [2.24, 2.45) is 5.92 Å². The number of methoxy groups -OCH3 is 1. The molecule has 20 heavy (non-hydrogen) atoms. The van der Waals surface area contributed by atoms with Gasteiger partial charge in [-0.1, -0.05) is 13.8 Å². The van der Waals surface area contributed by atoms with Crippen LogP contribution in [0.15, 0.2) is 0 Å². The number of ether oxygens (including phenoxy) is 1. The van der Waals surface area contributed by atoms with Crippen LogP contribution in [-0.2, 0) is 14.3 Å². The Morgan fingerprint density at radius 3 is 2.60 bits per heavy atom. The van der Waals surface area contributed by atoms with Crippen LogP contribution in [0.5, 0.6) is 0 Å². The minimum absolute atomic E-state index is 0.00272. The Morgan fingerprint density at radius 1 is 1.30 bits per heavy atom. The number of carbonyl (C=O) groups is 2. The van der Waals surface area contributed by atoms with E-state index in [1.165, 1.54) is 7.11 Å². The summed E-state index contributed by atoms with van der Waals surface area (Å²) in [5.41, 5.74) is 0. The topological polar surface area (TPSA) is 58.6 Å². The maximum Gasteiger partial charge on any atom is 0.323 e. The fourth-order valence-corrected chi connectivity index (χ4v) is 2.58. The van der Waals surface area contributed by atoms with Gasteiger partial charge in [0.05, 0.1) is 13.7 Å². The molecule has 5 nitrogen and oxygen atoms in total. The molecule has 0 bridgehead atoms. The van der Waals surface area contributed by atoms with Crippen molar-refractivity contribution in [1.82, 2.24) is 10.2 Å². The first-order valence-corrected chi connectivity index (χ1v) is 7.55. The van der Waals surface area contributed by atoms with E-state index in [9.17, 15) is 9.59 Å². The number of hydrogen-bond acceptors (Lipinski definition) is 4. The third-order valence-corrected chi connectivity index (χ3v) is 3.77. The Hall–Kier alpha value is -1.10. The van der Waals surface area contributed by atoms with Gasteiger partial charge < -0.3 is 10.1 Å². The minimum Gasteiger partial charge on any atom is -0.468 e. The molecule has 0 aliphatic carbocycles. The van der Waals surface area contributed by atoms with Gasteiger partial charge in [-0.3, -0.25) is 14.5 Å². The highest BCUT2D eigenvalue weighted by Gasteiger charge is 2.32. The molecule has 0 radical (unpaired) electrons. The van der Waals surface area contributed by atoms with Gasteiger partial charge in [-0.15, -0.1) is 0 Å². The first-order chi connectivity index (χ1) is 9.43. The number of hydrogen-bond donors (Lipinski definition) is 1. The van der Waals surface area contributed by atoms with E-state index in [0.717, 1.165) is 32.2 Å². The molecule has 1 amide bonds. The van der Waals surface area contributed by atoms with E-state index in [0.29, 0.717) is 5.92 Å². The first-order valence-electron chi connectivity index (χ1n) is 7.55. The third kappa shape index (κ3) is 5.49. The average molecular weight is 284 g/mol. The number of carbonyl (C=O) groups excluding carboxylic acids is 2. The van der Waals surface area contributed by atoms with E-state index in [1.54, 1.807) is 0 Å². The fourth-order valence-electron chi connectivity index (χ4n) is 2.58. The molecule has 0 spiro atoms. The van der Waals surface area contributed by atoms with E-state index in [1.807, 2.05) is 11.8 Å². The van der Waals surface area contributed by atoms with Crippen molar-refractivity contribution in [2.75, 3.05) is 20.2 Å². The molecule has 2 unspecified atom stereocenters. The van der Waals surface area contributed by atoms with Crippen LogP contribution in [0.3, 0.4) is 0 Å². The summed E-state index contributed by atoms with van der Waals surface area (Å²) in [4.78, 5) is 25.5. The average Bonchev–Trinajstić information content (AvgIpc) is 2.83. The molecule has 1 heterocycles. The van der Waals surface area contributed by atoms with Gasteiger partial charge >= 0.3 is 5.97 Å². The molecule has 1 N–H and O–H groups in total. The molecule has 1 aliphatic rings. The van der Waals surface area contributed by atoms with Crippen molar-refractivity contribution in [3.63, 3.8) is 0 Å². The number of nitrogens with zero attached hydrogens (tertiary/aromatic N) is 1. The van der Waals surface area contributed by atoms with Gasteiger partial charge in [-0.2, -0.15) is 0 Å². The van der Waals surface area contributed by atoms with Crippen LogP contribution in [0.1, 0.15) is 46.5 Å². The smallest absolute Gasteiger partial charge is 0.323 e. The first kappa shape index (κ1) is 17.0. The lowest BCUT2D eigenvalue weighted by molar-refractivity contribution is -0.146. The summed E-state index contributed by atoms with van der Waals surface area (Å²) < 4.78 is 4.78. The monoisotopic (exact) mass is 284 g/mol. The minimum atomic E-state index is -0.253. The highest BCUT2D eigenvalue weighted by atomic mass is 16.5. The Kier molecular flexibility index (Phi) is 6.99. The van der Waals surface area contributed by atoms with Crippen molar-refractivity contribution in [3.05, 3.63) is 0 Å². The fraction of sp³-hybridized carbons (Fsp3) is 0.867. The molecule has 0 aromatic rings. The SMILES string of the molecule is COC(=O)C1CCCN1CC(=O)NC(C)CCC(C)C. The summed E-state index contributed by atoms with van der Waals surface area (Å²) in [6.07, 6.45) is 3.82. The van der Waals surface area contributed by atoms with Crippen molar-refractivity contribution >= 4 is 11.9 Å². The van der Waals surface area contributed by atoms with Gasteiger partial charge in [-0.05, 0) is 45.1 Å². The van der Waals surface area contributed by atoms with Gasteiger partial charge in [0.1, 0.15) is 6.04 Å². The summed E-state index contributed by atoms with van der Waals surface area (Å²) in [7, 11) is 1.40. The summed E-state index contributed by atoms with van der Waals surface area (Å²) in [5.74, 6) is 0.414. The van der Waals surface area contributed by atoms with E-state index < -0.39 is 0 Å². The van der Waals surface area contributed by atoms with Crippen LogP contribution in [0.2, 0.25) is 0 Å². The molecule has 2 atom stereocenters. The van der Waals surface area contributed by atoms with Crippen molar-refractivity contribution in [1.29, 1.82) is 0 Å².